The molecular formula is C20H26FIN4O3. The fraction of sp³-hybridized carbons (Fsp3) is 0.400. The van der Waals surface area contributed by atoms with Crippen LogP contribution in [0.2, 0.25) is 0 Å². The molecule has 3 rings (SSSR count). The van der Waals surface area contributed by atoms with Crippen LogP contribution in [0.15, 0.2) is 52.1 Å². The summed E-state index contributed by atoms with van der Waals surface area (Å²) >= 11 is 0. The highest BCUT2D eigenvalue weighted by Crippen LogP contribution is 2.14. The molecule has 2 N–H and O–H groups in total. The molecule has 0 bridgehead atoms. The number of halogens is 2. The number of carbonyl (C=O) groups is 1. The Balaban J connectivity index is 0.00000300. The quantitative estimate of drug-likeness (QED) is 0.363. The Labute approximate surface area is 186 Å². The summed E-state index contributed by atoms with van der Waals surface area (Å²) in [6, 6.07) is 9.12. The average molecular weight is 516 g/mol. The molecule has 1 atom stereocenters. The Hall–Kier alpha value is -2.14. The third kappa shape index (κ3) is 6.17. The first-order valence-corrected chi connectivity index (χ1v) is 9.38. The number of nitrogens with one attached hydrogen (secondary N) is 1. The van der Waals surface area contributed by atoms with E-state index in [1.807, 2.05) is 6.92 Å². The molecule has 0 saturated carbocycles. The normalized spacial score (nSPS) is 15.6. The molecule has 0 radical (unpaired) electrons. The van der Waals surface area contributed by atoms with E-state index in [0.717, 1.165) is 0 Å². The van der Waals surface area contributed by atoms with Gasteiger partial charge in [0.25, 0.3) is 5.91 Å². The highest BCUT2D eigenvalue weighted by Gasteiger charge is 2.25. The van der Waals surface area contributed by atoms with Gasteiger partial charge < -0.3 is 24.6 Å². The molecule has 1 aliphatic heterocycles. The molecule has 29 heavy (non-hydrogen) atoms. The van der Waals surface area contributed by atoms with Crippen molar-refractivity contribution in [1.29, 1.82) is 0 Å². The van der Waals surface area contributed by atoms with E-state index in [4.69, 9.17) is 4.42 Å². The lowest BCUT2D eigenvalue weighted by Gasteiger charge is -2.36. The van der Waals surface area contributed by atoms with Gasteiger partial charge in [-0.25, -0.2) is 4.39 Å². The molecule has 9 heteroatoms. The van der Waals surface area contributed by atoms with E-state index >= 15 is 0 Å². The summed E-state index contributed by atoms with van der Waals surface area (Å²) in [5.74, 6) is 0.582. The average Bonchev–Trinajstić information content (AvgIpc) is 3.26. The summed E-state index contributed by atoms with van der Waals surface area (Å²) in [7, 11) is 0. The standard InChI is InChI=1S/C20H25FN4O3.HI/c1-2-22-20(23-14-17(26)15-5-7-16(21)8-6-15)25-11-9-24(10-12-25)19(27)18-4-3-13-28-18;/h3-8,13,17,26H,2,9-12,14H2,1H3,(H,22,23);1H. The molecule has 1 aromatic heterocycles. The van der Waals surface area contributed by atoms with Gasteiger partial charge in [0.1, 0.15) is 5.82 Å². The summed E-state index contributed by atoms with van der Waals surface area (Å²) in [6.07, 6.45) is 0.683. The van der Waals surface area contributed by atoms with Crippen molar-refractivity contribution in [3.63, 3.8) is 0 Å². The fourth-order valence-corrected chi connectivity index (χ4v) is 3.07. The SMILES string of the molecule is CCNC(=NCC(O)c1ccc(F)cc1)N1CCN(C(=O)c2ccco2)CC1.I. The Morgan fingerprint density at radius 1 is 1.21 bits per heavy atom. The number of aliphatic hydroxyl groups is 1. The van der Waals surface area contributed by atoms with Crippen molar-refractivity contribution in [1.82, 2.24) is 15.1 Å². The molecule has 0 aliphatic carbocycles. The summed E-state index contributed by atoms with van der Waals surface area (Å²) in [6.45, 7) is 5.21. The van der Waals surface area contributed by atoms with Crippen LogP contribution >= 0.6 is 24.0 Å². The van der Waals surface area contributed by atoms with Crippen LogP contribution in [0.25, 0.3) is 0 Å². The second-order valence-corrected chi connectivity index (χ2v) is 6.52. The lowest BCUT2D eigenvalue weighted by molar-refractivity contribution is 0.0657. The van der Waals surface area contributed by atoms with Crippen molar-refractivity contribution in [3.8, 4) is 0 Å². The molecule has 1 amide bonds. The first-order chi connectivity index (χ1) is 13.6. The van der Waals surface area contributed by atoms with Gasteiger partial charge >= 0.3 is 0 Å². The van der Waals surface area contributed by atoms with Crippen LogP contribution in [-0.2, 0) is 0 Å². The largest absolute Gasteiger partial charge is 0.459 e. The van der Waals surface area contributed by atoms with E-state index in [-0.39, 0.29) is 42.2 Å². The minimum absolute atomic E-state index is 0. The predicted octanol–water partition coefficient (Wildman–Crippen LogP) is 2.49. The number of aliphatic imine (C=N–C) groups is 1. The molecule has 1 aliphatic rings. The number of rotatable bonds is 5. The smallest absolute Gasteiger partial charge is 0.289 e. The number of benzene rings is 1. The van der Waals surface area contributed by atoms with E-state index < -0.39 is 6.10 Å². The van der Waals surface area contributed by atoms with Crippen molar-refractivity contribution in [2.24, 2.45) is 4.99 Å². The van der Waals surface area contributed by atoms with Crippen LogP contribution in [0.5, 0.6) is 0 Å². The fourth-order valence-electron chi connectivity index (χ4n) is 3.07. The predicted molar refractivity (Wildman–Crippen MR) is 119 cm³/mol. The zero-order valence-corrected chi connectivity index (χ0v) is 18.6. The molecule has 0 spiro atoms. The Bertz CT molecular complexity index is 791. The van der Waals surface area contributed by atoms with Crippen LogP contribution in [-0.4, -0.2) is 66.0 Å². The molecule has 1 fully saturated rings. The van der Waals surface area contributed by atoms with Gasteiger partial charge in [0, 0.05) is 32.7 Å². The van der Waals surface area contributed by atoms with Gasteiger partial charge in [-0.05, 0) is 36.8 Å². The minimum atomic E-state index is -0.809. The zero-order chi connectivity index (χ0) is 19.9. The van der Waals surface area contributed by atoms with Gasteiger partial charge in [-0.2, -0.15) is 0 Å². The highest BCUT2D eigenvalue weighted by molar-refractivity contribution is 14.0. The number of furan rings is 1. The maximum atomic E-state index is 13.0. The molecule has 2 heterocycles. The van der Waals surface area contributed by atoms with E-state index in [1.54, 1.807) is 29.2 Å². The molecule has 7 nitrogen and oxygen atoms in total. The van der Waals surface area contributed by atoms with Crippen LogP contribution in [0.4, 0.5) is 4.39 Å². The third-order valence-electron chi connectivity index (χ3n) is 4.60. The van der Waals surface area contributed by atoms with Gasteiger partial charge in [0.15, 0.2) is 11.7 Å². The summed E-state index contributed by atoms with van der Waals surface area (Å²) in [4.78, 5) is 20.7. The number of guanidine groups is 1. The van der Waals surface area contributed by atoms with E-state index in [9.17, 15) is 14.3 Å². The van der Waals surface area contributed by atoms with Crippen LogP contribution in [0.1, 0.15) is 29.1 Å². The number of aliphatic hydroxyl groups excluding tert-OH is 1. The lowest BCUT2D eigenvalue weighted by atomic mass is 10.1. The van der Waals surface area contributed by atoms with Crippen molar-refractivity contribution in [2.45, 2.75) is 13.0 Å². The Kier molecular flexibility index (Phi) is 8.90. The van der Waals surface area contributed by atoms with Crippen LogP contribution < -0.4 is 5.32 Å². The number of hydrogen-bond donors (Lipinski definition) is 2. The molecule has 2 aromatic rings. The highest BCUT2D eigenvalue weighted by atomic mass is 127. The van der Waals surface area contributed by atoms with Gasteiger partial charge in [-0.15, -0.1) is 24.0 Å². The molecular weight excluding hydrogens is 490 g/mol. The number of piperazine rings is 1. The van der Waals surface area contributed by atoms with Crippen LogP contribution in [0, 0.1) is 5.82 Å². The van der Waals surface area contributed by atoms with Crippen LogP contribution in [0.3, 0.4) is 0 Å². The van der Waals surface area contributed by atoms with Gasteiger partial charge in [-0.3, -0.25) is 9.79 Å². The number of hydrogen-bond acceptors (Lipinski definition) is 4. The topological polar surface area (TPSA) is 81.3 Å². The second kappa shape index (κ2) is 11.1. The number of carbonyl (C=O) groups excluding carboxylic acids is 1. The second-order valence-electron chi connectivity index (χ2n) is 6.52. The first kappa shape index (κ1) is 23.1. The minimum Gasteiger partial charge on any atom is -0.459 e. The van der Waals surface area contributed by atoms with Gasteiger partial charge in [0.2, 0.25) is 0 Å². The van der Waals surface area contributed by atoms with E-state index in [2.05, 4.69) is 15.2 Å². The summed E-state index contributed by atoms with van der Waals surface area (Å²) in [5, 5.41) is 13.5. The first-order valence-electron chi connectivity index (χ1n) is 9.38. The number of amides is 1. The molecule has 1 aromatic carbocycles. The van der Waals surface area contributed by atoms with Gasteiger partial charge in [0.05, 0.1) is 18.9 Å². The molecule has 158 valence electrons. The molecule has 1 unspecified atom stereocenters. The van der Waals surface area contributed by atoms with Crippen molar-refractivity contribution >= 4 is 35.8 Å². The molecule has 1 saturated heterocycles. The summed E-state index contributed by atoms with van der Waals surface area (Å²) in [5.41, 5.74) is 0.620. The zero-order valence-electron chi connectivity index (χ0n) is 16.3. The monoisotopic (exact) mass is 516 g/mol. The maximum absolute atomic E-state index is 13.0. The van der Waals surface area contributed by atoms with Gasteiger partial charge in [-0.1, -0.05) is 12.1 Å². The Morgan fingerprint density at radius 3 is 2.45 bits per heavy atom. The van der Waals surface area contributed by atoms with Crippen molar-refractivity contribution in [3.05, 3.63) is 59.8 Å². The Morgan fingerprint density at radius 2 is 1.86 bits per heavy atom. The number of nitrogens with zero attached hydrogens (tertiary/aromatic N) is 3. The van der Waals surface area contributed by atoms with E-state index in [0.29, 0.717) is 50.0 Å². The van der Waals surface area contributed by atoms with Crippen molar-refractivity contribution < 1.29 is 18.7 Å². The lowest BCUT2D eigenvalue weighted by Crippen LogP contribution is -2.53. The van der Waals surface area contributed by atoms with Crippen molar-refractivity contribution in [2.75, 3.05) is 39.3 Å². The van der Waals surface area contributed by atoms with E-state index in [1.165, 1.54) is 18.4 Å². The summed E-state index contributed by atoms with van der Waals surface area (Å²) < 4.78 is 18.2. The maximum Gasteiger partial charge on any atom is 0.289 e. The third-order valence-corrected chi connectivity index (χ3v) is 4.60.